The normalized spacial score (nSPS) is 23.7. The standard InChI is InChI=1S/C22H23Cl2NO5/c1-5-30-22(28)16-11(3)25-14-9-10(2)15(21(27)29-4)20(26)18(14)17(16)12-7-6-8-13(23)19(12)24/h6-8,10,15,17,25H,5,9H2,1-4H3. The fourth-order valence-electron chi connectivity index (χ4n) is 4.21. The number of dihydropyridines is 1. The average Bonchev–Trinajstić information content (AvgIpc) is 2.69. The largest absolute Gasteiger partial charge is 0.468 e. The molecule has 30 heavy (non-hydrogen) atoms. The summed E-state index contributed by atoms with van der Waals surface area (Å²) in [6, 6.07) is 5.06. The number of methoxy groups -OCH3 is 1. The third kappa shape index (κ3) is 3.74. The maximum atomic E-state index is 13.5. The molecular weight excluding hydrogens is 429 g/mol. The van der Waals surface area contributed by atoms with Gasteiger partial charge in [-0.1, -0.05) is 42.3 Å². The molecule has 1 aromatic rings. The van der Waals surface area contributed by atoms with Crippen molar-refractivity contribution in [2.24, 2.45) is 11.8 Å². The molecule has 1 aliphatic heterocycles. The van der Waals surface area contributed by atoms with E-state index in [1.807, 2.05) is 6.92 Å². The van der Waals surface area contributed by atoms with Crippen molar-refractivity contribution in [1.29, 1.82) is 0 Å². The monoisotopic (exact) mass is 451 g/mol. The predicted molar refractivity (Wildman–Crippen MR) is 113 cm³/mol. The number of nitrogens with one attached hydrogen (secondary N) is 1. The SMILES string of the molecule is CCOC(=O)C1=C(C)NC2=C(C(=O)C(C(=O)OC)C(C)C2)C1c1cccc(Cl)c1Cl. The van der Waals surface area contributed by atoms with Crippen molar-refractivity contribution in [2.75, 3.05) is 13.7 Å². The first-order chi connectivity index (χ1) is 14.2. The quantitative estimate of drug-likeness (QED) is 0.546. The first-order valence-corrected chi connectivity index (χ1v) is 10.4. The van der Waals surface area contributed by atoms with E-state index in [1.165, 1.54) is 7.11 Å². The minimum absolute atomic E-state index is 0.174. The highest BCUT2D eigenvalue weighted by atomic mass is 35.5. The molecule has 1 heterocycles. The molecule has 0 saturated heterocycles. The predicted octanol–water partition coefficient (Wildman–Crippen LogP) is 4.17. The van der Waals surface area contributed by atoms with E-state index in [-0.39, 0.29) is 23.1 Å². The Bertz CT molecular complexity index is 982. The minimum atomic E-state index is -0.960. The van der Waals surface area contributed by atoms with Crippen LogP contribution in [0.1, 0.15) is 38.7 Å². The van der Waals surface area contributed by atoms with E-state index in [2.05, 4.69) is 5.32 Å². The van der Waals surface area contributed by atoms with E-state index in [4.69, 9.17) is 32.7 Å². The molecule has 160 valence electrons. The number of benzene rings is 1. The van der Waals surface area contributed by atoms with Gasteiger partial charge in [-0.15, -0.1) is 0 Å². The number of carbonyl (C=O) groups excluding carboxylic acids is 3. The van der Waals surface area contributed by atoms with Gasteiger partial charge in [0.2, 0.25) is 0 Å². The fraction of sp³-hybridized carbons (Fsp3) is 0.409. The van der Waals surface area contributed by atoms with Crippen LogP contribution in [0.5, 0.6) is 0 Å². The minimum Gasteiger partial charge on any atom is -0.468 e. The fourth-order valence-corrected chi connectivity index (χ4v) is 4.63. The molecule has 3 atom stereocenters. The van der Waals surface area contributed by atoms with Crippen LogP contribution >= 0.6 is 23.2 Å². The van der Waals surface area contributed by atoms with Gasteiger partial charge in [0, 0.05) is 22.9 Å². The average molecular weight is 452 g/mol. The van der Waals surface area contributed by atoms with Gasteiger partial charge in [0.1, 0.15) is 5.92 Å². The molecule has 0 amide bonds. The van der Waals surface area contributed by atoms with Crippen LogP contribution in [-0.4, -0.2) is 31.4 Å². The molecule has 0 radical (unpaired) electrons. The number of allylic oxidation sites excluding steroid dienone is 3. The lowest BCUT2D eigenvalue weighted by Gasteiger charge is -2.38. The summed E-state index contributed by atoms with van der Waals surface area (Å²) in [7, 11) is 1.25. The Hall–Kier alpha value is -2.31. The van der Waals surface area contributed by atoms with Crippen molar-refractivity contribution in [2.45, 2.75) is 33.1 Å². The number of hydrogen-bond acceptors (Lipinski definition) is 6. The van der Waals surface area contributed by atoms with E-state index in [0.29, 0.717) is 34.0 Å². The van der Waals surface area contributed by atoms with Crippen LogP contribution in [0.4, 0.5) is 0 Å². The van der Waals surface area contributed by atoms with Crippen LogP contribution in [0.3, 0.4) is 0 Å². The third-order valence-corrected chi connectivity index (χ3v) is 6.36. The van der Waals surface area contributed by atoms with Crippen molar-refractivity contribution >= 4 is 40.9 Å². The van der Waals surface area contributed by atoms with Crippen molar-refractivity contribution < 1.29 is 23.9 Å². The summed E-state index contributed by atoms with van der Waals surface area (Å²) < 4.78 is 10.1. The van der Waals surface area contributed by atoms with Gasteiger partial charge < -0.3 is 14.8 Å². The zero-order chi connectivity index (χ0) is 22.2. The van der Waals surface area contributed by atoms with Gasteiger partial charge in [0.05, 0.1) is 29.3 Å². The molecule has 6 nitrogen and oxygen atoms in total. The Morgan fingerprint density at radius 3 is 2.60 bits per heavy atom. The van der Waals surface area contributed by atoms with Crippen LogP contribution in [0.15, 0.2) is 40.7 Å². The van der Waals surface area contributed by atoms with Crippen molar-refractivity contribution in [3.05, 3.63) is 56.3 Å². The molecule has 3 rings (SSSR count). The lowest BCUT2D eigenvalue weighted by atomic mass is 9.69. The second kappa shape index (κ2) is 8.82. The van der Waals surface area contributed by atoms with E-state index in [9.17, 15) is 14.4 Å². The Labute approximate surface area is 185 Å². The van der Waals surface area contributed by atoms with Gasteiger partial charge in [-0.2, -0.15) is 0 Å². The van der Waals surface area contributed by atoms with Gasteiger partial charge in [-0.3, -0.25) is 9.59 Å². The number of halogens is 2. The number of ether oxygens (including phenoxy) is 2. The summed E-state index contributed by atoms with van der Waals surface area (Å²) >= 11 is 12.7. The van der Waals surface area contributed by atoms with Crippen LogP contribution in [0.25, 0.3) is 0 Å². The zero-order valence-corrected chi connectivity index (χ0v) is 18.7. The molecule has 8 heteroatoms. The summed E-state index contributed by atoms with van der Waals surface area (Å²) in [4.78, 5) is 38.8. The van der Waals surface area contributed by atoms with Gasteiger partial charge >= 0.3 is 11.9 Å². The van der Waals surface area contributed by atoms with Gasteiger partial charge in [0.25, 0.3) is 0 Å². The van der Waals surface area contributed by atoms with Crippen LogP contribution in [0.2, 0.25) is 10.0 Å². The first kappa shape index (κ1) is 22.4. The Balaban J connectivity index is 2.25. The molecular formula is C22H23Cl2NO5. The topological polar surface area (TPSA) is 81.7 Å². The lowest BCUT2D eigenvalue weighted by Crippen LogP contribution is -2.43. The molecule has 1 aliphatic carbocycles. The zero-order valence-electron chi connectivity index (χ0n) is 17.2. The van der Waals surface area contributed by atoms with E-state index >= 15 is 0 Å². The molecule has 1 aromatic carbocycles. The number of carbonyl (C=O) groups is 3. The second-order valence-electron chi connectivity index (χ2n) is 7.40. The van der Waals surface area contributed by atoms with Gasteiger partial charge in [0.15, 0.2) is 5.78 Å². The summed E-state index contributed by atoms with van der Waals surface area (Å²) in [5.41, 5.74) is 2.34. The maximum Gasteiger partial charge on any atom is 0.336 e. The Morgan fingerprint density at radius 1 is 1.27 bits per heavy atom. The van der Waals surface area contributed by atoms with Crippen molar-refractivity contribution in [3.8, 4) is 0 Å². The molecule has 3 unspecified atom stereocenters. The number of rotatable bonds is 4. The van der Waals surface area contributed by atoms with E-state index in [1.54, 1.807) is 32.0 Å². The molecule has 1 N–H and O–H groups in total. The van der Waals surface area contributed by atoms with Crippen molar-refractivity contribution in [3.63, 3.8) is 0 Å². The highest BCUT2D eigenvalue weighted by Gasteiger charge is 2.47. The summed E-state index contributed by atoms with van der Waals surface area (Å²) in [5.74, 6) is -3.58. The van der Waals surface area contributed by atoms with E-state index < -0.39 is 29.6 Å². The highest BCUT2D eigenvalue weighted by Crippen LogP contribution is 2.47. The summed E-state index contributed by atoms with van der Waals surface area (Å²) in [5, 5.41) is 3.74. The smallest absolute Gasteiger partial charge is 0.336 e. The molecule has 0 saturated carbocycles. The molecule has 0 aromatic heterocycles. The first-order valence-electron chi connectivity index (χ1n) is 9.66. The van der Waals surface area contributed by atoms with Crippen LogP contribution < -0.4 is 5.32 Å². The number of ketones is 1. The third-order valence-electron chi connectivity index (χ3n) is 5.53. The summed E-state index contributed by atoms with van der Waals surface area (Å²) in [6.45, 7) is 5.46. The van der Waals surface area contributed by atoms with E-state index in [0.717, 1.165) is 0 Å². The molecule has 0 fully saturated rings. The van der Waals surface area contributed by atoms with Crippen LogP contribution in [0, 0.1) is 11.8 Å². The lowest BCUT2D eigenvalue weighted by molar-refractivity contribution is -0.151. The summed E-state index contributed by atoms with van der Waals surface area (Å²) in [6.07, 6.45) is 0.447. The van der Waals surface area contributed by atoms with Gasteiger partial charge in [-0.05, 0) is 37.8 Å². The molecule has 0 spiro atoms. The number of hydrogen-bond donors (Lipinski definition) is 1. The number of Topliss-reactive ketones (excluding diaryl/α,β-unsaturated/α-hetero) is 1. The Kier molecular flexibility index (Phi) is 6.58. The number of esters is 2. The second-order valence-corrected chi connectivity index (χ2v) is 8.18. The Morgan fingerprint density at radius 2 is 1.97 bits per heavy atom. The highest BCUT2D eigenvalue weighted by molar-refractivity contribution is 6.42. The molecule has 0 bridgehead atoms. The van der Waals surface area contributed by atoms with Gasteiger partial charge in [-0.25, -0.2) is 4.79 Å². The van der Waals surface area contributed by atoms with Crippen molar-refractivity contribution in [1.82, 2.24) is 5.32 Å². The van der Waals surface area contributed by atoms with Crippen LogP contribution in [-0.2, 0) is 23.9 Å². The molecule has 2 aliphatic rings. The maximum absolute atomic E-state index is 13.5.